The van der Waals surface area contributed by atoms with Crippen LogP contribution in [0.15, 0.2) is 22.7 Å². The minimum absolute atomic E-state index is 0.0335. The standard InChI is InChI=1S/C11H13BrFNO2/c1-2-14(7-11(15)16)6-8-3-4-9(12)10(13)5-8/h3-5H,2,6-7H2,1H3,(H,15,16). The van der Waals surface area contributed by atoms with Crippen LogP contribution in [0.3, 0.4) is 0 Å². The van der Waals surface area contributed by atoms with Crippen LogP contribution in [0, 0.1) is 5.82 Å². The van der Waals surface area contributed by atoms with Crippen LogP contribution in [0.1, 0.15) is 12.5 Å². The van der Waals surface area contributed by atoms with Gasteiger partial charge in [0.1, 0.15) is 5.82 Å². The number of aliphatic carboxylic acids is 1. The number of carboxylic acids is 1. The third-order valence-corrected chi connectivity index (χ3v) is 2.84. The third-order valence-electron chi connectivity index (χ3n) is 2.20. The first-order chi connectivity index (χ1) is 7.52. The summed E-state index contributed by atoms with van der Waals surface area (Å²) in [6.07, 6.45) is 0. The molecule has 1 N–H and O–H groups in total. The van der Waals surface area contributed by atoms with Gasteiger partial charge in [-0.1, -0.05) is 13.0 Å². The van der Waals surface area contributed by atoms with Crippen molar-refractivity contribution in [3.05, 3.63) is 34.1 Å². The Labute approximate surface area is 102 Å². The Hall–Kier alpha value is -0.940. The lowest BCUT2D eigenvalue weighted by atomic mass is 10.2. The van der Waals surface area contributed by atoms with E-state index < -0.39 is 5.97 Å². The molecule has 0 heterocycles. The summed E-state index contributed by atoms with van der Waals surface area (Å²) in [4.78, 5) is 12.3. The molecule has 0 saturated carbocycles. The Balaban J connectivity index is 2.70. The highest BCUT2D eigenvalue weighted by atomic mass is 79.9. The number of carboxylic acid groups (broad SMARTS) is 1. The Morgan fingerprint density at radius 1 is 1.56 bits per heavy atom. The van der Waals surface area contributed by atoms with Gasteiger partial charge in [-0.05, 0) is 40.2 Å². The molecule has 1 rings (SSSR count). The van der Waals surface area contributed by atoms with Crippen molar-refractivity contribution in [2.75, 3.05) is 13.1 Å². The van der Waals surface area contributed by atoms with E-state index in [1.807, 2.05) is 6.92 Å². The van der Waals surface area contributed by atoms with E-state index in [0.717, 1.165) is 5.56 Å². The van der Waals surface area contributed by atoms with E-state index in [-0.39, 0.29) is 12.4 Å². The number of nitrogens with zero attached hydrogens (tertiary/aromatic N) is 1. The molecule has 0 spiro atoms. The van der Waals surface area contributed by atoms with Crippen LogP contribution < -0.4 is 0 Å². The summed E-state index contributed by atoms with van der Waals surface area (Å²) in [6.45, 7) is 2.89. The molecule has 0 fully saturated rings. The number of likely N-dealkylation sites (N-methyl/N-ethyl adjacent to an activating group) is 1. The molecule has 0 atom stereocenters. The third kappa shape index (κ3) is 3.90. The Bertz CT molecular complexity index is 384. The van der Waals surface area contributed by atoms with E-state index in [1.54, 1.807) is 17.0 Å². The summed E-state index contributed by atoms with van der Waals surface area (Å²) >= 11 is 3.07. The molecule has 0 unspecified atom stereocenters. The summed E-state index contributed by atoms with van der Waals surface area (Å²) in [6, 6.07) is 4.81. The van der Waals surface area contributed by atoms with Gasteiger partial charge >= 0.3 is 5.97 Å². The molecule has 1 aromatic carbocycles. The molecular weight excluding hydrogens is 277 g/mol. The lowest BCUT2D eigenvalue weighted by molar-refractivity contribution is -0.138. The molecule has 0 aliphatic rings. The Morgan fingerprint density at radius 2 is 2.25 bits per heavy atom. The Morgan fingerprint density at radius 3 is 2.75 bits per heavy atom. The second-order valence-electron chi connectivity index (χ2n) is 3.45. The number of halogens is 2. The van der Waals surface area contributed by atoms with Crippen LogP contribution >= 0.6 is 15.9 Å². The molecule has 16 heavy (non-hydrogen) atoms. The smallest absolute Gasteiger partial charge is 0.317 e. The summed E-state index contributed by atoms with van der Waals surface area (Å²) in [5.41, 5.74) is 0.767. The molecule has 3 nitrogen and oxygen atoms in total. The number of rotatable bonds is 5. The van der Waals surface area contributed by atoms with Gasteiger partial charge in [0, 0.05) is 6.54 Å². The number of carbonyl (C=O) groups is 1. The quantitative estimate of drug-likeness (QED) is 0.905. The van der Waals surface area contributed by atoms with Gasteiger partial charge in [-0.15, -0.1) is 0 Å². The van der Waals surface area contributed by atoms with E-state index in [1.165, 1.54) is 6.07 Å². The van der Waals surface area contributed by atoms with Crippen LogP contribution in [0.5, 0.6) is 0 Å². The first-order valence-corrected chi connectivity index (χ1v) is 5.70. The molecule has 0 radical (unpaired) electrons. The van der Waals surface area contributed by atoms with E-state index in [2.05, 4.69) is 15.9 Å². The fourth-order valence-corrected chi connectivity index (χ4v) is 1.61. The molecule has 5 heteroatoms. The fraction of sp³-hybridized carbons (Fsp3) is 0.364. The van der Waals surface area contributed by atoms with Crippen molar-refractivity contribution >= 4 is 21.9 Å². The van der Waals surface area contributed by atoms with Crippen molar-refractivity contribution in [3.63, 3.8) is 0 Å². The van der Waals surface area contributed by atoms with Crippen molar-refractivity contribution in [1.82, 2.24) is 4.90 Å². The van der Waals surface area contributed by atoms with Crippen molar-refractivity contribution in [2.45, 2.75) is 13.5 Å². The van der Waals surface area contributed by atoms with Gasteiger partial charge in [-0.3, -0.25) is 9.69 Å². The second kappa shape index (κ2) is 5.96. The van der Waals surface area contributed by atoms with Gasteiger partial charge in [0.15, 0.2) is 0 Å². The van der Waals surface area contributed by atoms with Gasteiger partial charge in [0.25, 0.3) is 0 Å². The average molecular weight is 290 g/mol. The zero-order valence-corrected chi connectivity index (χ0v) is 10.5. The highest BCUT2D eigenvalue weighted by molar-refractivity contribution is 9.10. The van der Waals surface area contributed by atoms with Gasteiger partial charge in [0.05, 0.1) is 11.0 Å². The fourth-order valence-electron chi connectivity index (χ4n) is 1.37. The number of hydrogen-bond acceptors (Lipinski definition) is 2. The van der Waals surface area contributed by atoms with Crippen molar-refractivity contribution in [1.29, 1.82) is 0 Å². The number of benzene rings is 1. The summed E-state index contributed by atoms with van der Waals surface area (Å²) in [5.74, 6) is -1.21. The minimum atomic E-state index is -0.876. The molecule has 88 valence electrons. The molecule has 0 amide bonds. The maximum atomic E-state index is 13.2. The molecule has 0 bridgehead atoms. The molecule has 0 saturated heterocycles. The molecular formula is C11H13BrFNO2. The zero-order chi connectivity index (χ0) is 12.1. The SMILES string of the molecule is CCN(CC(=O)O)Cc1ccc(Br)c(F)c1. The van der Waals surface area contributed by atoms with E-state index in [0.29, 0.717) is 17.6 Å². The van der Waals surface area contributed by atoms with Crippen LogP contribution in [-0.4, -0.2) is 29.1 Å². The lowest BCUT2D eigenvalue weighted by Crippen LogP contribution is -2.29. The summed E-state index contributed by atoms with van der Waals surface area (Å²) in [7, 11) is 0. The largest absolute Gasteiger partial charge is 0.480 e. The van der Waals surface area contributed by atoms with Crippen molar-refractivity contribution in [3.8, 4) is 0 Å². The highest BCUT2D eigenvalue weighted by Crippen LogP contribution is 2.17. The normalized spacial score (nSPS) is 10.8. The number of hydrogen-bond donors (Lipinski definition) is 1. The van der Waals surface area contributed by atoms with E-state index >= 15 is 0 Å². The summed E-state index contributed by atoms with van der Waals surface area (Å²) in [5, 5.41) is 8.67. The maximum absolute atomic E-state index is 13.2. The average Bonchev–Trinajstić information content (AvgIpc) is 2.22. The van der Waals surface area contributed by atoms with Crippen molar-refractivity contribution < 1.29 is 14.3 Å². The lowest BCUT2D eigenvalue weighted by Gasteiger charge is -2.17. The molecule has 0 aliphatic heterocycles. The topological polar surface area (TPSA) is 40.5 Å². The monoisotopic (exact) mass is 289 g/mol. The first kappa shape index (κ1) is 13.1. The minimum Gasteiger partial charge on any atom is -0.480 e. The van der Waals surface area contributed by atoms with Crippen LogP contribution in [-0.2, 0) is 11.3 Å². The second-order valence-corrected chi connectivity index (χ2v) is 4.30. The van der Waals surface area contributed by atoms with Gasteiger partial charge in [0.2, 0.25) is 0 Å². The van der Waals surface area contributed by atoms with Gasteiger partial charge < -0.3 is 5.11 Å². The van der Waals surface area contributed by atoms with Gasteiger partial charge in [-0.25, -0.2) is 4.39 Å². The maximum Gasteiger partial charge on any atom is 0.317 e. The van der Waals surface area contributed by atoms with Crippen LogP contribution in [0.25, 0.3) is 0 Å². The van der Waals surface area contributed by atoms with Crippen LogP contribution in [0.2, 0.25) is 0 Å². The van der Waals surface area contributed by atoms with Gasteiger partial charge in [-0.2, -0.15) is 0 Å². The molecule has 0 aliphatic carbocycles. The van der Waals surface area contributed by atoms with Crippen molar-refractivity contribution in [2.24, 2.45) is 0 Å². The highest BCUT2D eigenvalue weighted by Gasteiger charge is 2.09. The predicted octanol–water partition coefficient (Wildman–Crippen LogP) is 2.49. The molecule has 1 aromatic rings. The predicted molar refractivity (Wildman–Crippen MR) is 62.7 cm³/mol. The summed E-state index contributed by atoms with van der Waals surface area (Å²) < 4.78 is 13.6. The Kier molecular flexibility index (Phi) is 4.89. The first-order valence-electron chi connectivity index (χ1n) is 4.91. The van der Waals surface area contributed by atoms with E-state index in [9.17, 15) is 9.18 Å². The van der Waals surface area contributed by atoms with E-state index in [4.69, 9.17) is 5.11 Å². The molecule has 0 aromatic heterocycles. The van der Waals surface area contributed by atoms with Crippen LogP contribution in [0.4, 0.5) is 4.39 Å². The zero-order valence-electron chi connectivity index (χ0n) is 8.91.